The Kier molecular flexibility index (Phi) is 7.51. The first-order chi connectivity index (χ1) is 7.29. The van der Waals surface area contributed by atoms with E-state index >= 15 is 0 Å². The number of halogens is 2. The highest BCUT2D eigenvalue weighted by Gasteiger charge is 2.23. The van der Waals surface area contributed by atoms with Crippen LogP contribution in [0.25, 0.3) is 0 Å². The van der Waals surface area contributed by atoms with Gasteiger partial charge >= 0.3 is 0 Å². The van der Waals surface area contributed by atoms with Crippen molar-refractivity contribution in [1.29, 1.82) is 0 Å². The lowest BCUT2D eigenvalue weighted by Crippen LogP contribution is -2.24. The lowest BCUT2D eigenvalue weighted by molar-refractivity contribution is 0.308. The second kappa shape index (κ2) is 7.75. The van der Waals surface area contributed by atoms with Gasteiger partial charge in [-0.25, -0.2) is 0 Å². The van der Waals surface area contributed by atoms with Gasteiger partial charge in [0.25, 0.3) is 0 Å². The van der Waals surface area contributed by atoms with Gasteiger partial charge in [0.15, 0.2) is 0 Å². The van der Waals surface area contributed by atoms with E-state index in [0.717, 1.165) is 11.3 Å². The smallest absolute Gasteiger partial charge is 0.0393 e. The largest absolute Gasteiger partial charge is 0.398 e. The number of anilines is 1. The van der Waals surface area contributed by atoms with Crippen molar-refractivity contribution >= 4 is 30.5 Å². The van der Waals surface area contributed by atoms with Crippen LogP contribution in [0.5, 0.6) is 0 Å². The fourth-order valence-corrected chi connectivity index (χ4v) is 2.44. The van der Waals surface area contributed by atoms with E-state index in [1.54, 1.807) is 6.20 Å². The first-order valence-electron chi connectivity index (χ1n) is 5.74. The highest BCUT2D eigenvalue weighted by Crippen LogP contribution is 2.34. The number of aromatic nitrogens is 1. The summed E-state index contributed by atoms with van der Waals surface area (Å²) in [7, 11) is 0. The molecule has 0 bridgehead atoms. The second-order valence-electron chi connectivity index (χ2n) is 4.43. The number of nitrogen functional groups attached to an aromatic ring is 1. The summed E-state index contributed by atoms with van der Waals surface area (Å²) in [5, 5.41) is 0. The van der Waals surface area contributed by atoms with E-state index in [1.165, 1.54) is 32.1 Å². The van der Waals surface area contributed by atoms with Crippen LogP contribution < -0.4 is 11.5 Å². The predicted molar refractivity (Wildman–Crippen MR) is 76.6 cm³/mol. The first-order valence-corrected chi connectivity index (χ1v) is 5.74. The molecule has 0 spiro atoms. The zero-order valence-corrected chi connectivity index (χ0v) is 11.5. The summed E-state index contributed by atoms with van der Waals surface area (Å²) in [6.07, 6.45) is 9.95. The van der Waals surface area contributed by atoms with Gasteiger partial charge in [0.1, 0.15) is 0 Å². The fraction of sp³-hybridized carbons (Fsp3) is 0.583. The van der Waals surface area contributed by atoms with Crippen LogP contribution in [-0.4, -0.2) is 4.98 Å². The summed E-state index contributed by atoms with van der Waals surface area (Å²) in [5.41, 5.74) is 14.0. The SMILES string of the molecule is Cl.Cl.Nc1ccncc1C(N)C1CCCCC1. The van der Waals surface area contributed by atoms with Crippen LogP contribution in [0.15, 0.2) is 18.5 Å². The minimum absolute atomic E-state index is 0. The van der Waals surface area contributed by atoms with Crippen molar-refractivity contribution in [3.8, 4) is 0 Å². The predicted octanol–water partition coefficient (Wildman–Crippen LogP) is 3.09. The fourth-order valence-electron chi connectivity index (χ4n) is 2.44. The summed E-state index contributed by atoms with van der Waals surface area (Å²) in [6.45, 7) is 0. The van der Waals surface area contributed by atoms with Crippen molar-refractivity contribution in [3.63, 3.8) is 0 Å². The quantitative estimate of drug-likeness (QED) is 0.873. The molecule has 1 heterocycles. The zero-order chi connectivity index (χ0) is 10.7. The Morgan fingerprint density at radius 3 is 2.41 bits per heavy atom. The van der Waals surface area contributed by atoms with E-state index in [4.69, 9.17) is 11.5 Å². The van der Waals surface area contributed by atoms with Crippen LogP contribution in [0.3, 0.4) is 0 Å². The number of pyridine rings is 1. The molecule has 1 unspecified atom stereocenters. The summed E-state index contributed by atoms with van der Waals surface area (Å²) in [4.78, 5) is 4.10. The second-order valence-corrected chi connectivity index (χ2v) is 4.43. The van der Waals surface area contributed by atoms with Gasteiger partial charge in [-0.3, -0.25) is 4.98 Å². The summed E-state index contributed by atoms with van der Waals surface area (Å²) >= 11 is 0. The maximum atomic E-state index is 6.25. The van der Waals surface area contributed by atoms with Gasteiger partial charge in [-0.15, -0.1) is 24.8 Å². The van der Waals surface area contributed by atoms with Gasteiger partial charge in [-0.05, 0) is 24.8 Å². The molecule has 1 aromatic rings. The van der Waals surface area contributed by atoms with Gasteiger partial charge in [-0.1, -0.05) is 19.3 Å². The number of rotatable bonds is 2. The monoisotopic (exact) mass is 277 g/mol. The molecule has 0 aliphatic heterocycles. The molecule has 0 amide bonds. The standard InChI is InChI=1S/C12H19N3.2ClH/c13-11-6-7-15-8-10(11)12(14)9-4-2-1-3-5-9;;/h6-9,12H,1-5,14H2,(H2,13,15);2*1H. The molecule has 1 saturated carbocycles. The number of hydrogen-bond acceptors (Lipinski definition) is 3. The molecule has 1 aromatic heterocycles. The maximum Gasteiger partial charge on any atom is 0.0393 e. The Morgan fingerprint density at radius 2 is 1.82 bits per heavy atom. The molecule has 2 rings (SSSR count). The van der Waals surface area contributed by atoms with E-state index in [9.17, 15) is 0 Å². The van der Waals surface area contributed by atoms with E-state index in [-0.39, 0.29) is 30.9 Å². The van der Waals surface area contributed by atoms with Gasteiger partial charge in [-0.2, -0.15) is 0 Å². The van der Waals surface area contributed by atoms with Gasteiger partial charge < -0.3 is 11.5 Å². The van der Waals surface area contributed by atoms with Crippen molar-refractivity contribution in [2.45, 2.75) is 38.1 Å². The molecule has 1 aliphatic carbocycles. The molecule has 0 aromatic carbocycles. The molecule has 98 valence electrons. The van der Waals surface area contributed by atoms with E-state index < -0.39 is 0 Å². The summed E-state index contributed by atoms with van der Waals surface area (Å²) < 4.78 is 0. The Hall–Kier alpha value is -0.510. The lowest BCUT2D eigenvalue weighted by atomic mass is 9.81. The molecule has 5 heteroatoms. The lowest BCUT2D eigenvalue weighted by Gasteiger charge is -2.28. The Balaban J connectivity index is 0.00000128. The van der Waals surface area contributed by atoms with Crippen LogP contribution in [0.2, 0.25) is 0 Å². The molecule has 0 radical (unpaired) electrons. The highest BCUT2D eigenvalue weighted by atomic mass is 35.5. The van der Waals surface area contributed by atoms with Gasteiger partial charge in [0.2, 0.25) is 0 Å². The molecule has 3 nitrogen and oxygen atoms in total. The van der Waals surface area contributed by atoms with Crippen molar-refractivity contribution in [1.82, 2.24) is 4.98 Å². The minimum atomic E-state index is 0. The third kappa shape index (κ3) is 4.02. The normalized spacial score (nSPS) is 17.7. The number of hydrogen-bond donors (Lipinski definition) is 2. The van der Waals surface area contributed by atoms with Crippen molar-refractivity contribution < 1.29 is 0 Å². The first kappa shape index (κ1) is 16.5. The van der Waals surface area contributed by atoms with Crippen LogP contribution in [0.1, 0.15) is 43.7 Å². The average molecular weight is 278 g/mol. The molecule has 4 N–H and O–H groups in total. The molecule has 1 atom stereocenters. The average Bonchev–Trinajstić information content (AvgIpc) is 2.30. The van der Waals surface area contributed by atoms with Crippen LogP contribution in [-0.2, 0) is 0 Å². The molecule has 1 aliphatic rings. The van der Waals surface area contributed by atoms with E-state index in [2.05, 4.69) is 4.98 Å². The van der Waals surface area contributed by atoms with Crippen molar-refractivity contribution in [2.24, 2.45) is 11.7 Å². The van der Waals surface area contributed by atoms with Crippen molar-refractivity contribution in [3.05, 3.63) is 24.0 Å². The van der Waals surface area contributed by atoms with Crippen molar-refractivity contribution in [2.75, 3.05) is 5.73 Å². The molecule has 17 heavy (non-hydrogen) atoms. The highest BCUT2D eigenvalue weighted by molar-refractivity contribution is 5.85. The molecular weight excluding hydrogens is 257 g/mol. The van der Waals surface area contributed by atoms with Crippen LogP contribution in [0.4, 0.5) is 5.69 Å². The minimum Gasteiger partial charge on any atom is -0.398 e. The summed E-state index contributed by atoms with van der Waals surface area (Å²) in [6, 6.07) is 1.90. The van der Waals surface area contributed by atoms with Crippen LogP contribution in [0, 0.1) is 5.92 Å². The van der Waals surface area contributed by atoms with Gasteiger partial charge in [0.05, 0.1) is 0 Å². The maximum absolute atomic E-state index is 6.25. The number of nitrogens with two attached hydrogens (primary N) is 2. The molecule has 0 saturated heterocycles. The third-order valence-corrected chi connectivity index (χ3v) is 3.40. The molecule has 1 fully saturated rings. The Labute approximate surface area is 115 Å². The van der Waals surface area contributed by atoms with Crippen LogP contribution >= 0.6 is 24.8 Å². The molecular formula is C12H21Cl2N3. The zero-order valence-electron chi connectivity index (χ0n) is 9.84. The van der Waals surface area contributed by atoms with E-state index in [0.29, 0.717) is 5.92 Å². The Morgan fingerprint density at radius 1 is 1.18 bits per heavy atom. The Bertz CT molecular complexity index is 327. The number of nitrogens with zero attached hydrogens (tertiary/aromatic N) is 1. The van der Waals surface area contributed by atoms with Gasteiger partial charge in [0, 0.05) is 29.7 Å². The summed E-state index contributed by atoms with van der Waals surface area (Å²) in [5.74, 6) is 0.588. The topological polar surface area (TPSA) is 64.9 Å². The van der Waals surface area contributed by atoms with E-state index in [1.807, 2.05) is 12.3 Å². The third-order valence-electron chi connectivity index (χ3n) is 3.40.